The van der Waals surface area contributed by atoms with E-state index >= 15 is 0 Å². The fraction of sp³-hybridized carbons (Fsp3) is 0.100. The molecule has 1 aromatic heterocycles. The van der Waals surface area contributed by atoms with Crippen LogP contribution in [0.25, 0.3) is 11.4 Å². The summed E-state index contributed by atoms with van der Waals surface area (Å²) in [6, 6.07) is 9.97. The van der Waals surface area contributed by atoms with E-state index in [9.17, 15) is 0 Å². The van der Waals surface area contributed by atoms with Crippen LogP contribution in [0, 0.1) is 6.92 Å². The van der Waals surface area contributed by atoms with Gasteiger partial charge < -0.3 is 0 Å². The molecule has 68 valence electrons. The van der Waals surface area contributed by atoms with Gasteiger partial charge in [0.1, 0.15) is 0 Å². The maximum atomic E-state index is 4.33. The van der Waals surface area contributed by atoms with Crippen molar-refractivity contribution in [1.29, 1.82) is 0 Å². The number of aryl methyl sites for hydroxylation is 1. The molecule has 0 saturated heterocycles. The summed E-state index contributed by atoms with van der Waals surface area (Å²) in [6.45, 7) is 1.89. The van der Waals surface area contributed by atoms with Crippen molar-refractivity contribution in [3.63, 3.8) is 0 Å². The molecule has 2 rings (SSSR count). The standard InChI is InChI=1S/C10H8N3.Bi/c1-8-11-7-12-10(13-8)9-5-3-2-4-6-9;/h2-6H,1H3;. The molecule has 0 saturated carbocycles. The van der Waals surface area contributed by atoms with Gasteiger partial charge >= 0.3 is 97.7 Å². The molecular weight excluding hydrogens is 371 g/mol. The van der Waals surface area contributed by atoms with E-state index in [4.69, 9.17) is 0 Å². The van der Waals surface area contributed by atoms with Gasteiger partial charge in [-0.15, -0.1) is 0 Å². The van der Waals surface area contributed by atoms with Gasteiger partial charge in [-0.05, 0) is 0 Å². The van der Waals surface area contributed by atoms with Gasteiger partial charge in [0.15, 0.2) is 0 Å². The second kappa shape index (κ2) is 4.10. The first kappa shape index (κ1) is 9.66. The van der Waals surface area contributed by atoms with Crippen LogP contribution in [0.3, 0.4) is 0 Å². The van der Waals surface area contributed by atoms with E-state index in [0.717, 1.165) is 45.5 Å². The van der Waals surface area contributed by atoms with Gasteiger partial charge in [-0.3, -0.25) is 0 Å². The molecule has 0 aliphatic rings. The first-order valence-corrected chi connectivity index (χ1v) is 5.96. The summed E-state index contributed by atoms with van der Waals surface area (Å²) in [4.78, 5) is 12.8. The molecule has 0 unspecified atom stereocenters. The third kappa shape index (κ3) is 2.13. The molecular formula is C10H8BiN3. The zero-order chi connectivity index (χ0) is 9.97. The average molecular weight is 379 g/mol. The van der Waals surface area contributed by atoms with Crippen LogP contribution in [-0.4, -0.2) is 39.7 Å². The average Bonchev–Trinajstić information content (AvgIpc) is 2.18. The van der Waals surface area contributed by atoms with Gasteiger partial charge in [0.25, 0.3) is 0 Å². The quantitative estimate of drug-likeness (QED) is 0.683. The van der Waals surface area contributed by atoms with E-state index in [1.54, 1.807) is 0 Å². The monoisotopic (exact) mass is 379 g/mol. The van der Waals surface area contributed by atoms with Crippen LogP contribution in [0.15, 0.2) is 30.3 Å². The van der Waals surface area contributed by atoms with Gasteiger partial charge in [-0.25, -0.2) is 0 Å². The zero-order valence-electron chi connectivity index (χ0n) is 7.68. The topological polar surface area (TPSA) is 38.7 Å². The number of aromatic nitrogens is 3. The Morgan fingerprint density at radius 3 is 2.36 bits per heavy atom. The number of benzene rings is 1. The Bertz CT molecular complexity index is 422. The molecule has 14 heavy (non-hydrogen) atoms. The van der Waals surface area contributed by atoms with Crippen molar-refractivity contribution in [3.8, 4) is 11.4 Å². The number of nitrogens with zero attached hydrogens (tertiary/aromatic N) is 3. The summed E-state index contributed by atoms with van der Waals surface area (Å²) in [5.74, 6) is 1.56. The summed E-state index contributed by atoms with van der Waals surface area (Å²) < 4.78 is 0.872. The van der Waals surface area contributed by atoms with E-state index in [2.05, 4.69) is 15.0 Å². The normalized spacial score (nSPS) is 10.1. The van der Waals surface area contributed by atoms with E-state index < -0.39 is 0 Å². The molecule has 1 aromatic carbocycles. The molecule has 0 bridgehead atoms. The van der Waals surface area contributed by atoms with Crippen molar-refractivity contribution < 1.29 is 0 Å². The van der Waals surface area contributed by atoms with Crippen molar-refractivity contribution >= 4 is 28.3 Å². The third-order valence-corrected chi connectivity index (χ3v) is 2.54. The molecule has 0 spiro atoms. The van der Waals surface area contributed by atoms with Crippen molar-refractivity contribution in [2.24, 2.45) is 0 Å². The van der Waals surface area contributed by atoms with Gasteiger partial charge in [0.2, 0.25) is 0 Å². The van der Waals surface area contributed by atoms with Gasteiger partial charge in [0, 0.05) is 0 Å². The van der Waals surface area contributed by atoms with Crippen molar-refractivity contribution in [3.05, 3.63) is 36.2 Å². The van der Waals surface area contributed by atoms with E-state index in [1.807, 2.05) is 37.3 Å². The Morgan fingerprint density at radius 2 is 1.71 bits per heavy atom. The van der Waals surface area contributed by atoms with Crippen molar-refractivity contribution in [1.82, 2.24) is 15.0 Å². The van der Waals surface area contributed by atoms with Crippen LogP contribution in [0.1, 0.15) is 5.82 Å². The molecule has 0 fully saturated rings. The molecule has 0 aliphatic carbocycles. The summed E-state index contributed by atoms with van der Waals surface area (Å²) in [7, 11) is 0. The third-order valence-electron chi connectivity index (χ3n) is 1.77. The first-order chi connectivity index (χ1) is 6.75. The van der Waals surface area contributed by atoms with Crippen molar-refractivity contribution in [2.45, 2.75) is 6.92 Å². The molecule has 4 heteroatoms. The summed E-state index contributed by atoms with van der Waals surface area (Å²) in [5, 5.41) is 0. The number of hydrogen-bond acceptors (Lipinski definition) is 3. The summed E-state index contributed by atoms with van der Waals surface area (Å²) in [6.07, 6.45) is 0. The van der Waals surface area contributed by atoms with Gasteiger partial charge in [-0.1, -0.05) is 0 Å². The second-order valence-corrected chi connectivity index (χ2v) is 4.43. The maximum absolute atomic E-state index is 4.33. The van der Waals surface area contributed by atoms with Crippen LogP contribution >= 0.6 is 0 Å². The summed E-state index contributed by atoms with van der Waals surface area (Å²) >= 11 is 1.06. The summed E-state index contributed by atoms with van der Waals surface area (Å²) in [5.41, 5.74) is 1.05. The minimum absolute atomic E-state index is 0.774. The SMILES string of the molecule is Cc1n[c]([Bi])nc(-c2ccccc2)n1. The molecule has 0 aliphatic heterocycles. The van der Waals surface area contributed by atoms with Gasteiger partial charge in [0.05, 0.1) is 0 Å². The Labute approximate surface area is 97.5 Å². The molecule has 0 N–H and O–H groups in total. The zero-order valence-corrected chi connectivity index (χ0v) is 11.2. The molecule has 3 nitrogen and oxygen atoms in total. The predicted molar refractivity (Wildman–Crippen MR) is 55.4 cm³/mol. The van der Waals surface area contributed by atoms with E-state index in [1.165, 1.54) is 0 Å². The Morgan fingerprint density at radius 1 is 1.00 bits per heavy atom. The first-order valence-electron chi connectivity index (χ1n) is 4.23. The fourth-order valence-electron chi connectivity index (χ4n) is 1.18. The van der Waals surface area contributed by atoms with E-state index in [0.29, 0.717) is 0 Å². The van der Waals surface area contributed by atoms with Gasteiger partial charge in [-0.2, -0.15) is 0 Å². The van der Waals surface area contributed by atoms with Crippen LogP contribution in [0.5, 0.6) is 0 Å². The van der Waals surface area contributed by atoms with Crippen molar-refractivity contribution in [2.75, 3.05) is 0 Å². The Balaban J connectivity index is 2.52. The predicted octanol–water partition coefficient (Wildman–Crippen LogP) is 0.641. The molecule has 0 atom stereocenters. The minimum atomic E-state index is 0.774. The number of rotatable bonds is 1. The molecule has 0 amide bonds. The Hall–Kier alpha value is -0.887. The fourth-order valence-corrected chi connectivity index (χ4v) is 2.11. The van der Waals surface area contributed by atoms with Crippen LogP contribution < -0.4 is 3.53 Å². The Kier molecular flexibility index (Phi) is 2.83. The molecule has 2 aromatic rings. The van der Waals surface area contributed by atoms with Crippen LogP contribution in [0.2, 0.25) is 0 Å². The number of hydrogen-bond donors (Lipinski definition) is 0. The van der Waals surface area contributed by atoms with Crippen LogP contribution in [-0.2, 0) is 0 Å². The van der Waals surface area contributed by atoms with Crippen LogP contribution in [0.4, 0.5) is 0 Å². The molecule has 2 radical (unpaired) electrons. The second-order valence-electron chi connectivity index (χ2n) is 2.87. The molecule has 1 heterocycles. The van der Waals surface area contributed by atoms with E-state index in [-0.39, 0.29) is 0 Å².